The number of methoxy groups -OCH3 is 1. The molecule has 1 amide bonds. The van der Waals surface area contributed by atoms with Crippen molar-refractivity contribution < 1.29 is 22.3 Å². The molecule has 0 fully saturated rings. The van der Waals surface area contributed by atoms with Gasteiger partial charge in [-0.1, -0.05) is 6.07 Å². The third-order valence-corrected chi connectivity index (χ3v) is 6.78. The monoisotopic (exact) mass is 450 g/mol. The first-order chi connectivity index (χ1) is 14.3. The van der Waals surface area contributed by atoms with Gasteiger partial charge in [-0.15, -0.1) is 11.8 Å². The molecule has 158 valence electrons. The number of sulfone groups is 1. The molecule has 0 spiro atoms. The van der Waals surface area contributed by atoms with E-state index in [9.17, 15) is 17.6 Å². The summed E-state index contributed by atoms with van der Waals surface area (Å²) in [6.45, 7) is -0.339. The van der Waals surface area contributed by atoms with Crippen molar-refractivity contribution >= 4 is 39.0 Å². The highest BCUT2D eigenvalue weighted by atomic mass is 32.2. The molecule has 3 rings (SSSR count). The number of nitrogen functional groups attached to an aromatic ring is 1. The number of ether oxygens (including phenoxy) is 1. The van der Waals surface area contributed by atoms with Crippen LogP contribution < -0.4 is 15.8 Å². The Morgan fingerprint density at radius 1 is 1.27 bits per heavy atom. The summed E-state index contributed by atoms with van der Waals surface area (Å²) in [7, 11) is -2.50. The normalized spacial score (nSPS) is 11.3. The van der Waals surface area contributed by atoms with E-state index < -0.39 is 21.6 Å². The lowest BCUT2D eigenvalue weighted by Crippen LogP contribution is -2.21. The fraction of sp³-hybridized carbons (Fsp3) is 0.158. The number of carbonyl (C=O) groups excluding carboxylic acids is 1. The van der Waals surface area contributed by atoms with Crippen LogP contribution in [0.2, 0.25) is 0 Å². The highest BCUT2D eigenvalue weighted by Gasteiger charge is 2.29. The van der Waals surface area contributed by atoms with E-state index >= 15 is 0 Å². The third kappa shape index (κ3) is 4.41. The van der Waals surface area contributed by atoms with Gasteiger partial charge in [0.25, 0.3) is 0 Å². The predicted molar refractivity (Wildman–Crippen MR) is 112 cm³/mol. The van der Waals surface area contributed by atoms with Crippen molar-refractivity contribution in [2.24, 2.45) is 0 Å². The quantitative estimate of drug-likeness (QED) is 0.532. The Labute approximate surface area is 177 Å². The Morgan fingerprint density at radius 3 is 2.57 bits per heavy atom. The number of benzene rings is 2. The van der Waals surface area contributed by atoms with Crippen LogP contribution in [0.1, 0.15) is 0 Å². The number of amides is 1. The van der Waals surface area contributed by atoms with Crippen LogP contribution in [0.4, 0.5) is 15.9 Å². The van der Waals surface area contributed by atoms with Gasteiger partial charge < -0.3 is 15.8 Å². The number of nitrogens with two attached hydrogens (primary N) is 1. The summed E-state index contributed by atoms with van der Waals surface area (Å²) in [6.07, 6.45) is 1.66. The van der Waals surface area contributed by atoms with Gasteiger partial charge in [-0.3, -0.25) is 4.79 Å². The van der Waals surface area contributed by atoms with Crippen LogP contribution in [0.25, 0.3) is 0 Å². The van der Waals surface area contributed by atoms with Gasteiger partial charge in [0.1, 0.15) is 33.9 Å². The van der Waals surface area contributed by atoms with E-state index in [0.717, 1.165) is 22.5 Å². The number of aromatic nitrogens is 2. The summed E-state index contributed by atoms with van der Waals surface area (Å²) in [4.78, 5) is 12.2. The maximum absolute atomic E-state index is 13.3. The third-order valence-electron chi connectivity index (χ3n) is 4.15. The summed E-state index contributed by atoms with van der Waals surface area (Å²) in [5.74, 6) is -0.680. The second kappa shape index (κ2) is 8.76. The number of anilines is 2. The Hall–Kier alpha value is -3.05. The smallest absolute Gasteiger partial charge is 0.246 e. The first-order valence-electron chi connectivity index (χ1n) is 8.61. The van der Waals surface area contributed by atoms with Gasteiger partial charge in [0.15, 0.2) is 0 Å². The topological polar surface area (TPSA) is 116 Å². The Balaban J connectivity index is 1.91. The van der Waals surface area contributed by atoms with E-state index in [4.69, 9.17) is 10.5 Å². The molecule has 0 aliphatic rings. The Bertz CT molecular complexity index is 1180. The molecular weight excluding hydrogens is 431 g/mol. The second-order valence-corrected chi connectivity index (χ2v) is 8.80. The van der Waals surface area contributed by atoms with Crippen LogP contribution in [-0.4, -0.2) is 37.5 Å². The lowest BCUT2D eigenvalue weighted by Gasteiger charge is -2.08. The zero-order valence-electron chi connectivity index (χ0n) is 16.1. The SMILES string of the molecule is COc1ccc(S(=O)(=O)c2c(SC)nn(CC(=O)Nc3cccc(F)c3)c2N)cc1. The highest BCUT2D eigenvalue weighted by Crippen LogP contribution is 2.34. The summed E-state index contributed by atoms with van der Waals surface area (Å²) in [5, 5.41) is 6.86. The molecule has 0 radical (unpaired) electrons. The predicted octanol–water partition coefficient (Wildman–Crippen LogP) is 2.81. The van der Waals surface area contributed by atoms with Gasteiger partial charge in [0, 0.05) is 5.69 Å². The van der Waals surface area contributed by atoms with Crippen molar-refractivity contribution in [2.75, 3.05) is 24.4 Å². The van der Waals surface area contributed by atoms with E-state index in [-0.39, 0.29) is 32.9 Å². The van der Waals surface area contributed by atoms with Crippen LogP contribution in [0.15, 0.2) is 63.3 Å². The zero-order chi connectivity index (χ0) is 21.9. The number of carbonyl (C=O) groups is 1. The van der Waals surface area contributed by atoms with Gasteiger partial charge in [-0.25, -0.2) is 17.5 Å². The zero-order valence-corrected chi connectivity index (χ0v) is 17.8. The molecule has 1 aromatic heterocycles. The molecule has 0 aliphatic heterocycles. The molecule has 3 N–H and O–H groups in total. The molecule has 11 heteroatoms. The van der Waals surface area contributed by atoms with E-state index in [2.05, 4.69) is 10.4 Å². The molecule has 0 saturated carbocycles. The summed E-state index contributed by atoms with van der Waals surface area (Å²) < 4.78 is 45.7. The summed E-state index contributed by atoms with van der Waals surface area (Å²) in [6, 6.07) is 11.3. The van der Waals surface area contributed by atoms with Crippen molar-refractivity contribution in [3.8, 4) is 5.75 Å². The van der Waals surface area contributed by atoms with Crippen molar-refractivity contribution in [3.63, 3.8) is 0 Å². The van der Waals surface area contributed by atoms with Crippen molar-refractivity contribution in [3.05, 3.63) is 54.3 Å². The number of nitrogens with zero attached hydrogens (tertiary/aromatic N) is 2. The summed E-state index contributed by atoms with van der Waals surface area (Å²) in [5.41, 5.74) is 6.33. The summed E-state index contributed by atoms with van der Waals surface area (Å²) >= 11 is 1.10. The van der Waals surface area contributed by atoms with Gasteiger partial charge in [-0.05, 0) is 48.7 Å². The number of nitrogens with one attached hydrogen (secondary N) is 1. The van der Waals surface area contributed by atoms with Crippen LogP contribution in [-0.2, 0) is 21.2 Å². The molecule has 2 aromatic carbocycles. The minimum atomic E-state index is -3.98. The van der Waals surface area contributed by atoms with Crippen LogP contribution in [0, 0.1) is 5.82 Å². The second-order valence-electron chi connectivity index (χ2n) is 6.12. The number of hydrogen-bond acceptors (Lipinski definition) is 7. The maximum Gasteiger partial charge on any atom is 0.246 e. The van der Waals surface area contributed by atoms with E-state index in [1.165, 1.54) is 49.6 Å². The fourth-order valence-electron chi connectivity index (χ4n) is 2.72. The molecule has 3 aromatic rings. The number of hydrogen-bond donors (Lipinski definition) is 2. The van der Waals surface area contributed by atoms with E-state index in [1.807, 2.05) is 0 Å². The molecule has 0 atom stereocenters. The minimum absolute atomic E-state index is 0.0223. The lowest BCUT2D eigenvalue weighted by molar-refractivity contribution is -0.116. The van der Waals surface area contributed by atoms with E-state index in [0.29, 0.717) is 5.75 Å². The molecule has 30 heavy (non-hydrogen) atoms. The average Bonchev–Trinajstić information content (AvgIpc) is 3.04. The largest absolute Gasteiger partial charge is 0.497 e. The van der Waals surface area contributed by atoms with Crippen LogP contribution >= 0.6 is 11.8 Å². The van der Waals surface area contributed by atoms with Gasteiger partial charge in [0.05, 0.1) is 12.0 Å². The van der Waals surface area contributed by atoms with Crippen LogP contribution in [0.5, 0.6) is 5.75 Å². The molecule has 8 nitrogen and oxygen atoms in total. The molecule has 0 saturated heterocycles. The fourth-order valence-corrected chi connectivity index (χ4v) is 5.15. The number of thioether (sulfide) groups is 1. The lowest BCUT2D eigenvalue weighted by atomic mass is 10.3. The number of rotatable bonds is 7. The molecular formula is C19H19FN4O4S2. The van der Waals surface area contributed by atoms with Crippen molar-refractivity contribution in [1.29, 1.82) is 0 Å². The van der Waals surface area contributed by atoms with Crippen LogP contribution in [0.3, 0.4) is 0 Å². The standard InChI is InChI=1S/C19H19FN4O4S2/c1-28-14-6-8-15(9-7-14)30(26,27)17-18(21)24(23-19(17)29-2)11-16(25)22-13-5-3-4-12(20)10-13/h3-10H,11,21H2,1-2H3,(H,22,25). The van der Waals surface area contributed by atoms with Crippen molar-refractivity contribution in [2.45, 2.75) is 21.4 Å². The first-order valence-corrected chi connectivity index (χ1v) is 11.3. The van der Waals surface area contributed by atoms with Gasteiger partial charge >= 0.3 is 0 Å². The van der Waals surface area contributed by atoms with E-state index in [1.54, 1.807) is 6.26 Å². The van der Waals surface area contributed by atoms with Gasteiger partial charge in [0.2, 0.25) is 15.7 Å². The molecule has 0 bridgehead atoms. The average molecular weight is 451 g/mol. The number of halogens is 1. The molecule has 0 unspecified atom stereocenters. The highest BCUT2D eigenvalue weighted by molar-refractivity contribution is 7.99. The first kappa shape index (κ1) is 21.7. The van der Waals surface area contributed by atoms with Crippen molar-refractivity contribution in [1.82, 2.24) is 9.78 Å². The van der Waals surface area contributed by atoms with Gasteiger partial charge in [-0.2, -0.15) is 5.10 Å². The maximum atomic E-state index is 13.3. The molecule has 0 aliphatic carbocycles. The molecule has 1 heterocycles. The minimum Gasteiger partial charge on any atom is -0.497 e. The Kier molecular flexibility index (Phi) is 6.32. The Morgan fingerprint density at radius 2 is 1.97 bits per heavy atom.